The van der Waals surface area contributed by atoms with Crippen LogP contribution in [0.5, 0.6) is 0 Å². The Morgan fingerprint density at radius 2 is 2.08 bits per heavy atom. The first-order chi connectivity index (χ1) is 5.86. The summed E-state index contributed by atoms with van der Waals surface area (Å²) in [6.45, 7) is 0. The zero-order valence-corrected chi connectivity index (χ0v) is 7.81. The quantitative estimate of drug-likeness (QED) is 0.687. The van der Waals surface area contributed by atoms with Crippen molar-refractivity contribution >= 4 is 22.4 Å². The van der Waals surface area contributed by atoms with Crippen LogP contribution >= 0.6 is 16.1 Å². The van der Waals surface area contributed by atoms with Gasteiger partial charge in [0.1, 0.15) is 16.1 Å². The highest BCUT2D eigenvalue weighted by Gasteiger charge is 2.17. The molecule has 1 aromatic carbocycles. The monoisotopic (exact) mass is 226 g/mol. The largest absolute Gasteiger partial charge is 0.232 e. The van der Waals surface area contributed by atoms with Gasteiger partial charge >= 0.3 is 0 Å². The average molecular weight is 227 g/mol. The number of benzene rings is 1. The second kappa shape index (κ2) is 3.25. The van der Waals surface area contributed by atoms with Gasteiger partial charge in [-0.25, -0.2) is 4.84 Å². The maximum absolute atomic E-state index is 5.28. The number of hydrazone groups is 1. The lowest BCUT2D eigenvalue weighted by Crippen LogP contribution is -2.03. The van der Waals surface area contributed by atoms with Crippen molar-refractivity contribution in [3.05, 3.63) is 35.9 Å². The van der Waals surface area contributed by atoms with Crippen molar-refractivity contribution in [2.45, 2.75) is 6.10 Å². The smallest absolute Gasteiger partial charge is 0.150 e. The maximum atomic E-state index is 5.28. The molecule has 12 heavy (non-hydrogen) atoms. The first kappa shape index (κ1) is 7.76. The van der Waals surface area contributed by atoms with E-state index in [1.807, 2.05) is 30.3 Å². The first-order valence-electron chi connectivity index (χ1n) is 3.58. The van der Waals surface area contributed by atoms with E-state index in [0.717, 1.165) is 5.56 Å². The lowest BCUT2D eigenvalue weighted by Gasteiger charge is -2.08. The Morgan fingerprint density at radius 3 is 2.67 bits per heavy atom. The van der Waals surface area contributed by atoms with E-state index in [1.54, 1.807) is 6.21 Å². The minimum Gasteiger partial charge on any atom is -0.232 e. The van der Waals surface area contributed by atoms with Crippen LogP contribution in [-0.2, 0) is 4.84 Å². The highest BCUT2D eigenvalue weighted by molar-refractivity contribution is 9.07. The minimum atomic E-state index is -0.0643. The van der Waals surface area contributed by atoms with Crippen LogP contribution in [0.4, 0.5) is 0 Å². The molecule has 4 heteroatoms. The molecule has 0 bridgehead atoms. The van der Waals surface area contributed by atoms with Crippen molar-refractivity contribution in [1.82, 2.24) is 4.20 Å². The van der Waals surface area contributed by atoms with Crippen molar-refractivity contribution in [3.8, 4) is 0 Å². The average Bonchev–Trinajstić information content (AvgIpc) is 2.54. The van der Waals surface area contributed by atoms with Crippen LogP contribution in [0, 0.1) is 0 Å². The zero-order chi connectivity index (χ0) is 8.39. The Morgan fingerprint density at radius 1 is 1.33 bits per heavy atom. The highest BCUT2D eigenvalue weighted by Crippen LogP contribution is 2.23. The van der Waals surface area contributed by atoms with Gasteiger partial charge in [-0.3, -0.25) is 0 Å². The van der Waals surface area contributed by atoms with Crippen LogP contribution in [0.2, 0.25) is 0 Å². The van der Waals surface area contributed by atoms with Crippen molar-refractivity contribution in [1.29, 1.82) is 0 Å². The molecule has 0 amide bonds. The van der Waals surface area contributed by atoms with E-state index in [1.165, 1.54) is 4.20 Å². The molecule has 0 saturated heterocycles. The van der Waals surface area contributed by atoms with Gasteiger partial charge in [-0.2, -0.15) is 0 Å². The summed E-state index contributed by atoms with van der Waals surface area (Å²) >= 11 is 3.09. The van der Waals surface area contributed by atoms with Gasteiger partial charge in [-0.1, -0.05) is 30.3 Å². The number of hydrogen-bond acceptors (Lipinski definition) is 3. The summed E-state index contributed by atoms with van der Waals surface area (Å²) in [4.78, 5) is 5.28. The second-order valence-electron chi connectivity index (χ2n) is 2.43. The van der Waals surface area contributed by atoms with Gasteiger partial charge in [-0.05, 0) is 5.56 Å². The summed E-state index contributed by atoms with van der Waals surface area (Å²) in [6.07, 6.45) is 1.68. The number of rotatable bonds is 1. The van der Waals surface area contributed by atoms with Crippen LogP contribution < -0.4 is 0 Å². The molecule has 3 nitrogen and oxygen atoms in total. The molecule has 1 atom stereocenters. The molecule has 0 N–H and O–H groups in total. The van der Waals surface area contributed by atoms with Gasteiger partial charge in [0.15, 0.2) is 6.10 Å². The Balaban J connectivity index is 2.18. The number of hydrogen-bond donors (Lipinski definition) is 0. The van der Waals surface area contributed by atoms with Crippen LogP contribution in [-0.4, -0.2) is 10.4 Å². The molecular formula is C8H7BrN2O. The first-order valence-corrected chi connectivity index (χ1v) is 4.29. The molecule has 1 heterocycles. The molecule has 2 rings (SSSR count). The molecule has 1 aromatic rings. The topological polar surface area (TPSA) is 24.8 Å². The molecule has 62 valence electrons. The Labute approximate surface area is 78.9 Å². The second-order valence-corrected chi connectivity index (χ2v) is 3.03. The fourth-order valence-electron chi connectivity index (χ4n) is 1.05. The fourth-order valence-corrected chi connectivity index (χ4v) is 1.34. The third-order valence-corrected chi connectivity index (χ3v) is 1.97. The predicted molar refractivity (Wildman–Crippen MR) is 49.5 cm³/mol. The summed E-state index contributed by atoms with van der Waals surface area (Å²) in [7, 11) is 0. The van der Waals surface area contributed by atoms with E-state index < -0.39 is 0 Å². The van der Waals surface area contributed by atoms with E-state index >= 15 is 0 Å². The summed E-state index contributed by atoms with van der Waals surface area (Å²) in [5.41, 5.74) is 1.10. The van der Waals surface area contributed by atoms with Crippen LogP contribution in [0.25, 0.3) is 0 Å². The highest BCUT2D eigenvalue weighted by atomic mass is 79.9. The Bertz CT molecular complexity index is 288. The van der Waals surface area contributed by atoms with Crippen molar-refractivity contribution in [2.24, 2.45) is 5.10 Å². The van der Waals surface area contributed by atoms with Gasteiger partial charge in [0.25, 0.3) is 0 Å². The minimum absolute atomic E-state index is 0.0643. The van der Waals surface area contributed by atoms with Gasteiger partial charge in [0.2, 0.25) is 0 Å². The summed E-state index contributed by atoms with van der Waals surface area (Å²) in [5.74, 6) is 0. The third kappa shape index (κ3) is 1.49. The molecule has 0 saturated carbocycles. The van der Waals surface area contributed by atoms with E-state index in [2.05, 4.69) is 21.2 Å². The van der Waals surface area contributed by atoms with E-state index in [4.69, 9.17) is 4.84 Å². The van der Waals surface area contributed by atoms with E-state index in [-0.39, 0.29) is 6.10 Å². The van der Waals surface area contributed by atoms with Crippen molar-refractivity contribution < 1.29 is 4.84 Å². The molecule has 1 aliphatic heterocycles. The fraction of sp³-hybridized carbons (Fsp3) is 0.125. The van der Waals surface area contributed by atoms with Crippen LogP contribution in [0.1, 0.15) is 11.7 Å². The SMILES string of the molecule is BrN1N=CC(c2ccccc2)O1. The van der Waals surface area contributed by atoms with E-state index in [0.29, 0.717) is 0 Å². The van der Waals surface area contributed by atoms with Crippen molar-refractivity contribution in [3.63, 3.8) is 0 Å². The Hall–Kier alpha value is -0.870. The summed E-state index contributed by atoms with van der Waals surface area (Å²) < 4.78 is 1.28. The maximum Gasteiger partial charge on any atom is 0.150 e. The number of nitrogens with zero attached hydrogens (tertiary/aromatic N) is 2. The standard InChI is InChI=1S/C8H7BrN2O/c9-11-10-6-8(12-11)7-4-2-1-3-5-7/h1-6,8H. The summed E-state index contributed by atoms with van der Waals surface area (Å²) in [6, 6.07) is 9.93. The Kier molecular flexibility index (Phi) is 2.10. The molecule has 0 aliphatic carbocycles. The van der Waals surface area contributed by atoms with Crippen LogP contribution in [0.15, 0.2) is 35.4 Å². The van der Waals surface area contributed by atoms with Crippen LogP contribution in [0.3, 0.4) is 0 Å². The number of halogens is 1. The molecule has 0 aromatic heterocycles. The molecule has 0 radical (unpaired) electrons. The lowest BCUT2D eigenvalue weighted by molar-refractivity contribution is -0.0694. The van der Waals surface area contributed by atoms with E-state index in [9.17, 15) is 0 Å². The molecule has 0 fully saturated rings. The lowest BCUT2D eigenvalue weighted by atomic mass is 10.1. The molecule has 0 spiro atoms. The normalized spacial score (nSPS) is 21.8. The van der Waals surface area contributed by atoms with Gasteiger partial charge in [-0.15, -0.1) is 9.30 Å². The third-order valence-electron chi connectivity index (χ3n) is 1.62. The molecular weight excluding hydrogens is 220 g/mol. The zero-order valence-electron chi connectivity index (χ0n) is 6.22. The summed E-state index contributed by atoms with van der Waals surface area (Å²) in [5, 5.41) is 3.90. The molecule has 1 unspecified atom stereocenters. The van der Waals surface area contributed by atoms with Gasteiger partial charge < -0.3 is 0 Å². The van der Waals surface area contributed by atoms with Crippen molar-refractivity contribution in [2.75, 3.05) is 0 Å². The predicted octanol–water partition coefficient (Wildman–Crippen LogP) is 2.27. The molecule has 1 aliphatic rings. The van der Waals surface area contributed by atoms with Gasteiger partial charge in [0, 0.05) is 0 Å². The van der Waals surface area contributed by atoms with Gasteiger partial charge in [0.05, 0.1) is 6.21 Å².